The van der Waals surface area contributed by atoms with Crippen LogP contribution < -0.4 is 10.5 Å². The molecule has 3 aromatic carbocycles. The number of fused-ring (bicyclic) bond motifs is 1. The first-order chi connectivity index (χ1) is 14.4. The molecule has 0 saturated carbocycles. The number of aromatic nitrogens is 1. The van der Waals surface area contributed by atoms with E-state index in [9.17, 15) is 9.59 Å². The van der Waals surface area contributed by atoms with Gasteiger partial charge in [-0.3, -0.25) is 9.59 Å². The van der Waals surface area contributed by atoms with Crippen molar-refractivity contribution >= 4 is 38.4 Å². The Bertz CT molecular complexity index is 1310. The van der Waals surface area contributed by atoms with E-state index in [1.165, 1.54) is 0 Å². The first-order valence-corrected chi connectivity index (χ1v) is 10.5. The number of rotatable bonds is 4. The number of carbonyl (C=O) groups is 1. The zero-order valence-electron chi connectivity index (χ0n) is 16.8. The van der Waals surface area contributed by atoms with Crippen LogP contribution in [0.2, 0.25) is 0 Å². The second-order valence-electron chi connectivity index (χ2n) is 7.35. The van der Waals surface area contributed by atoms with Crippen molar-refractivity contribution in [2.45, 2.75) is 20.4 Å². The number of hydrogen-bond acceptors (Lipinski definition) is 2. The van der Waals surface area contributed by atoms with E-state index in [1.54, 1.807) is 11.0 Å². The Labute approximate surface area is 183 Å². The number of aromatic amines is 1. The standard InChI is InChI=1S/C25H21BrN2O2/c1-16-11-12-20(13-17(16)2)28(25(30)21-8-4-5-9-22(21)26)15-19-14-18-7-3-6-10-23(18)27-24(19)29/h3-14H,15H2,1-2H3,(H,27,29). The maximum Gasteiger partial charge on any atom is 0.259 e. The molecule has 0 radical (unpaired) electrons. The van der Waals surface area contributed by atoms with Gasteiger partial charge in [0.25, 0.3) is 11.5 Å². The average Bonchev–Trinajstić information content (AvgIpc) is 2.74. The molecule has 0 fully saturated rings. The fourth-order valence-electron chi connectivity index (χ4n) is 3.43. The van der Waals surface area contributed by atoms with Crippen LogP contribution >= 0.6 is 15.9 Å². The first-order valence-electron chi connectivity index (χ1n) is 9.68. The number of amides is 1. The topological polar surface area (TPSA) is 53.2 Å². The van der Waals surface area contributed by atoms with Crippen LogP contribution in [0.25, 0.3) is 10.9 Å². The second-order valence-corrected chi connectivity index (χ2v) is 8.20. The van der Waals surface area contributed by atoms with Crippen LogP contribution in [0, 0.1) is 13.8 Å². The van der Waals surface area contributed by atoms with Gasteiger partial charge in [0, 0.05) is 21.2 Å². The van der Waals surface area contributed by atoms with Gasteiger partial charge >= 0.3 is 0 Å². The zero-order valence-corrected chi connectivity index (χ0v) is 18.4. The van der Waals surface area contributed by atoms with Crippen LogP contribution in [0.1, 0.15) is 27.0 Å². The molecule has 1 N–H and O–H groups in total. The molecule has 0 aliphatic carbocycles. The third-order valence-electron chi connectivity index (χ3n) is 5.31. The summed E-state index contributed by atoms with van der Waals surface area (Å²) in [6.45, 7) is 4.22. The van der Waals surface area contributed by atoms with Crippen molar-refractivity contribution in [3.8, 4) is 0 Å². The predicted octanol–water partition coefficient (Wildman–Crippen LogP) is 5.75. The quantitative estimate of drug-likeness (QED) is 0.421. The van der Waals surface area contributed by atoms with Gasteiger partial charge in [0.15, 0.2) is 0 Å². The number of carbonyl (C=O) groups excluding carboxylic acids is 1. The highest BCUT2D eigenvalue weighted by atomic mass is 79.9. The number of aryl methyl sites for hydroxylation is 2. The molecular weight excluding hydrogens is 440 g/mol. The van der Waals surface area contributed by atoms with Crippen LogP contribution in [0.15, 0.2) is 82.1 Å². The minimum atomic E-state index is -0.192. The Kier molecular flexibility index (Phi) is 5.55. The summed E-state index contributed by atoms with van der Waals surface area (Å²) in [6, 6.07) is 22.7. The molecule has 1 heterocycles. The highest BCUT2D eigenvalue weighted by Gasteiger charge is 2.22. The zero-order chi connectivity index (χ0) is 21.3. The lowest BCUT2D eigenvalue weighted by Gasteiger charge is -2.24. The van der Waals surface area contributed by atoms with Crippen LogP contribution in [-0.4, -0.2) is 10.9 Å². The molecule has 0 spiro atoms. The van der Waals surface area contributed by atoms with E-state index in [-0.39, 0.29) is 18.0 Å². The number of nitrogens with zero attached hydrogens (tertiary/aromatic N) is 1. The smallest absolute Gasteiger partial charge is 0.259 e. The molecule has 0 atom stereocenters. The summed E-state index contributed by atoms with van der Waals surface area (Å²) in [4.78, 5) is 30.9. The Morgan fingerprint density at radius 3 is 2.43 bits per heavy atom. The third kappa shape index (κ3) is 3.94. The van der Waals surface area contributed by atoms with Crippen molar-refractivity contribution in [2.24, 2.45) is 0 Å². The lowest BCUT2D eigenvalue weighted by atomic mass is 10.1. The Hall–Kier alpha value is -3.18. The molecule has 0 saturated heterocycles. The maximum atomic E-state index is 13.5. The fraction of sp³-hybridized carbons (Fsp3) is 0.120. The summed E-state index contributed by atoms with van der Waals surface area (Å²) in [5, 5.41) is 0.931. The molecule has 0 unspecified atom stereocenters. The van der Waals surface area contributed by atoms with E-state index < -0.39 is 0 Å². The average molecular weight is 461 g/mol. The van der Waals surface area contributed by atoms with Gasteiger partial charge in [-0.2, -0.15) is 0 Å². The van der Waals surface area contributed by atoms with Crippen LogP contribution in [0.5, 0.6) is 0 Å². The molecule has 1 amide bonds. The number of nitrogens with one attached hydrogen (secondary N) is 1. The Morgan fingerprint density at radius 2 is 1.67 bits per heavy atom. The molecule has 30 heavy (non-hydrogen) atoms. The van der Waals surface area contributed by atoms with E-state index in [0.29, 0.717) is 11.1 Å². The van der Waals surface area contributed by atoms with Crippen molar-refractivity contribution < 1.29 is 4.79 Å². The highest BCUT2D eigenvalue weighted by Crippen LogP contribution is 2.26. The molecule has 150 valence electrons. The molecule has 0 aliphatic rings. The largest absolute Gasteiger partial charge is 0.322 e. The highest BCUT2D eigenvalue weighted by molar-refractivity contribution is 9.10. The molecule has 0 bridgehead atoms. The first kappa shape index (κ1) is 20.1. The molecule has 4 rings (SSSR count). The molecule has 0 aliphatic heterocycles. The number of pyridine rings is 1. The van der Waals surface area contributed by atoms with Crippen molar-refractivity contribution in [1.82, 2.24) is 4.98 Å². The van der Waals surface area contributed by atoms with Gasteiger partial charge in [-0.25, -0.2) is 0 Å². The summed E-state index contributed by atoms with van der Waals surface area (Å²) in [6.07, 6.45) is 0. The molecule has 4 nitrogen and oxygen atoms in total. The van der Waals surface area contributed by atoms with Gasteiger partial charge in [0.05, 0.1) is 12.1 Å². The van der Waals surface area contributed by atoms with Gasteiger partial charge in [-0.15, -0.1) is 0 Å². The van der Waals surface area contributed by atoms with E-state index in [1.807, 2.05) is 80.6 Å². The van der Waals surface area contributed by atoms with Gasteiger partial charge in [-0.1, -0.05) is 36.4 Å². The molecule has 5 heteroatoms. The SMILES string of the molecule is Cc1ccc(N(Cc2cc3ccccc3[nH]c2=O)C(=O)c2ccccc2Br)cc1C. The van der Waals surface area contributed by atoms with Crippen LogP contribution in [0.4, 0.5) is 5.69 Å². The number of benzene rings is 3. The number of anilines is 1. The van der Waals surface area contributed by atoms with Crippen molar-refractivity contribution in [2.75, 3.05) is 4.90 Å². The van der Waals surface area contributed by atoms with Crippen molar-refractivity contribution in [1.29, 1.82) is 0 Å². The van der Waals surface area contributed by atoms with Crippen LogP contribution in [0.3, 0.4) is 0 Å². The maximum absolute atomic E-state index is 13.5. The number of halogens is 1. The summed E-state index contributed by atoms with van der Waals surface area (Å²) in [7, 11) is 0. The molecule has 1 aromatic heterocycles. The third-order valence-corrected chi connectivity index (χ3v) is 6.00. The number of H-pyrrole nitrogens is 1. The predicted molar refractivity (Wildman–Crippen MR) is 125 cm³/mol. The van der Waals surface area contributed by atoms with Gasteiger partial charge in [-0.05, 0) is 82.7 Å². The minimum Gasteiger partial charge on any atom is -0.322 e. The lowest BCUT2D eigenvalue weighted by molar-refractivity contribution is 0.0984. The van der Waals surface area contributed by atoms with E-state index >= 15 is 0 Å². The number of hydrogen-bond donors (Lipinski definition) is 1. The lowest BCUT2D eigenvalue weighted by Crippen LogP contribution is -2.33. The molecule has 4 aromatic rings. The summed E-state index contributed by atoms with van der Waals surface area (Å²) < 4.78 is 0.719. The summed E-state index contributed by atoms with van der Waals surface area (Å²) >= 11 is 3.48. The normalized spacial score (nSPS) is 10.9. The minimum absolute atomic E-state index is 0.168. The monoisotopic (exact) mass is 460 g/mol. The van der Waals surface area contributed by atoms with Gasteiger partial charge in [0.1, 0.15) is 0 Å². The van der Waals surface area contributed by atoms with E-state index in [0.717, 1.165) is 32.2 Å². The van der Waals surface area contributed by atoms with Gasteiger partial charge in [0.2, 0.25) is 0 Å². The Balaban J connectivity index is 1.82. The number of para-hydroxylation sites is 1. The van der Waals surface area contributed by atoms with Gasteiger partial charge < -0.3 is 9.88 Å². The fourth-order valence-corrected chi connectivity index (χ4v) is 3.89. The van der Waals surface area contributed by atoms with Crippen molar-refractivity contribution in [3.63, 3.8) is 0 Å². The van der Waals surface area contributed by atoms with E-state index in [4.69, 9.17) is 0 Å². The summed E-state index contributed by atoms with van der Waals surface area (Å²) in [5.41, 5.74) is 4.66. The summed E-state index contributed by atoms with van der Waals surface area (Å²) in [5.74, 6) is -0.168. The van der Waals surface area contributed by atoms with E-state index in [2.05, 4.69) is 20.9 Å². The second kappa shape index (κ2) is 8.28. The van der Waals surface area contributed by atoms with Crippen molar-refractivity contribution in [3.05, 3.63) is 110 Å². The van der Waals surface area contributed by atoms with Crippen LogP contribution in [-0.2, 0) is 6.54 Å². The Morgan fingerprint density at radius 1 is 0.933 bits per heavy atom. The molecular formula is C25H21BrN2O2.